The lowest BCUT2D eigenvalue weighted by molar-refractivity contribution is -0.384. The molecule has 11 heteroatoms. The molecule has 11 nitrogen and oxygen atoms in total. The highest BCUT2D eigenvalue weighted by Gasteiger charge is 2.36. The van der Waals surface area contributed by atoms with Crippen molar-refractivity contribution in [3.63, 3.8) is 0 Å². The number of rotatable bonds is 9. The fourth-order valence-electron chi connectivity index (χ4n) is 2.99. The van der Waals surface area contributed by atoms with E-state index in [1.54, 1.807) is 19.9 Å². The number of carbonyl (C=O) groups excluding carboxylic acids is 1. The minimum atomic E-state index is -1.58. The highest BCUT2D eigenvalue weighted by atomic mass is 16.7. The van der Waals surface area contributed by atoms with Gasteiger partial charge in [-0.3, -0.25) is 10.1 Å². The van der Waals surface area contributed by atoms with E-state index in [1.807, 2.05) is 6.92 Å². The second-order valence-electron chi connectivity index (χ2n) is 6.57. The van der Waals surface area contributed by atoms with E-state index in [2.05, 4.69) is 5.32 Å². The summed E-state index contributed by atoms with van der Waals surface area (Å²) in [4.78, 5) is 34.1. The number of dihydropyridines is 1. The molecule has 168 valence electrons. The highest BCUT2D eigenvalue weighted by Crippen LogP contribution is 2.40. The van der Waals surface area contributed by atoms with Gasteiger partial charge in [0, 0.05) is 18.7 Å². The number of nitrogens with zero attached hydrogens (tertiary/aromatic N) is 1. The number of nitro groups is 1. The van der Waals surface area contributed by atoms with Crippen LogP contribution in [-0.4, -0.2) is 42.2 Å². The number of ether oxygens (including phenoxy) is 4. The zero-order chi connectivity index (χ0) is 23.0. The van der Waals surface area contributed by atoms with Gasteiger partial charge in [-0.15, -0.1) is 0 Å². The molecule has 1 atom stereocenters. The molecule has 0 radical (unpaired) electrons. The van der Waals surface area contributed by atoms with Crippen LogP contribution in [0.15, 0.2) is 47.2 Å². The molecule has 0 fully saturated rings. The fraction of sp³-hybridized carbons (Fsp3) is 0.400. The van der Waals surface area contributed by atoms with Crippen molar-refractivity contribution in [3.8, 4) is 0 Å². The summed E-state index contributed by atoms with van der Waals surface area (Å²) in [5.41, 5.74) is 0.840. The van der Waals surface area contributed by atoms with E-state index < -0.39 is 23.2 Å². The van der Waals surface area contributed by atoms with Crippen molar-refractivity contribution >= 4 is 18.0 Å². The standard InChI is InChI=1S/C20H24N2O9/c1-4-8-28-9-10-29-20(25)31-18-13(3)21-12(2)17(30-19(23)24)16(18)14-6-5-7-15(11-14)22(26)27/h5-7,11,16,21H,4,8-10H2,1-3H3,(H,23,24). The Morgan fingerprint density at radius 2 is 1.81 bits per heavy atom. The van der Waals surface area contributed by atoms with Gasteiger partial charge in [-0.2, -0.15) is 0 Å². The molecular formula is C20H24N2O9. The quantitative estimate of drug-likeness (QED) is 0.252. The Balaban J connectivity index is 2.34. The minimum absolute atomic E-state index is 0.00169. The predicted octanol–water partition coefficient (Wildman–Crippen LogP) is 4.02. The van der Waals surface area contributed by atoms with Crippen LogP contribution in [0.1, 0.15) is 38.7 Å². The second-order valence-corrected chi connectivity index (χ2v) is 6.57. The van der Waals surface area contributed by atoms with Crippen molar-refractivity contribution in [3.05, 3.63) is 62.9 Å². The number of carbonyl (C=O) groups is 2. The van der Waals surface area contributed by atoms with E-state index in [9.17, 15) is 19.7 Å². The summed E-state index contributed by atoms with van der Waals surface area (Å²) < 4.78 is 20.5. The molecule has 1 heterocycles. The van der Waals surface area contributed by atoms with Crippen LogP contribution in [0.3, 0.4) is 0 Å². The van der Waals surface area contributed by atoms with Crippen molar-refractivity contribution in [2.24, 2.45) is 0 Å². The molecule has 0 saturated heterocycles. The summed E-state index contributed by atoms with van der Waals surface area (Å²) in [6.07, 6.45) is -1.78. The average molecular weight is 436 g/mol. The van der Waals surface area contributed by atoms with Gasteiger partial charge in [0.05, 0.1) is 22.9 Å². The van der Waals surface area contributed by atoms with Crippen LogP contribution < -0.4 is 5.32 Å². The molecule has 1 aromatic rings. The summed E-state index contributed by atoms with van der Waals surface area (Å²) in [6, 6.07) is 5.54. The number of hydrogen-bond donors (Lipinski definition) is 2. The Morgan fingerprint density at radius 1 is 1.13 bits per heavy atom. The molecule has 1 aliphatic heterocycles. The lowest BCUT2D eigenvalue weighted by Crippen LogP contribution is -2.29. The van der Waals surface area contributed by atoms with Crippen LogP contribution in [0.25, 0.3) is 0 Å². The number of benzene rings is 1. The third-order valence-corrected chi connectivity index (χ3v) is 4.24. The monoisotopic (exact) mass is 436 g/mol. The van der Waals surface area contributed by atoms with Gasteiger partial charge in [-0.05, 0) is 25.8 Å². The summed E-state index contributed by atoms with van der Waals surface area (Å²) in [5.74, 6) is -1.10. The Hall–Kier alpha value is -3.60. The van der Waals surface area contributed by atoms with E-state index >= 15 is 0 Å². The molecule has 0 amide bonds. The van der Waals surface area contributed by atoms with Gasteiger partial charge in [-0.25, -0.2) is 9.59 Å². The molecule has 0 spiro atoms. The maximum Gasteiger partial charge on any atom is 0.513 e. The zero-order valence-electron chi connectivity index (χ0n) is 17.4. The van der Waals surface area contributed by atoms with Crippen molar-refractivity contribution in [2.45, 2.75) is 33.1 Å². The summed E-state index contributed by atoms with van der Waals surface area (Å²) >= 11 is 0. The number of hydrogen-bond acceptors (Lipinski definition) is 9. The Morgan fingerprint density at radius 3 is 2.42 bits per heavy atom. The molecular weight excluding hydrogens is 412 g/mol. The topological polar surface area (TPSA) is 146 Å². The van der Waals surface area contributed by atoms with E-state index in [0.29, 0.717) is 23.6 Å². The van der Waals surface area contributed by atoms with E-state index in [1.165, 1.54) is 18.2 Å². The van der Waals surface area contributed by atoms with Crippen molar-refractivity contribution in [1.29, 1.82) is 0 Å². The van der Waals surface area contributed by atoms with E-state index in [4.69, 9.17) is 24.1 Å². The van der Waals surface area contributed by atoms with Crippen molar-refractivity contribution in [2.75, 3.05) is 19.8 Å². The van der Waals surface area contributed by atoms with Gasteiger partial charge in [0.15, 0.2) is 0 Å². The molecule has 1 unspecified atom stereocenters. The first-order chi connectivity index (χ1) is 14.7. The van der Waals surface area contributed by atoms with Gasteiger partial charge >= 0.3 is 12.3 Å². The summed E-state index contributed by atoms with van der Waals surface area (Å²) in [6.45, 7) is 5.82. The maximum atomic E-state index is 12.2. The number of carboxylic acid groups (broad SMARTS) is 1. The first-order valence-electron chi connectivity index (χ1n) is 9.50. The third-order valence-electron chi connectivity index (χ3n) is 4.24. The van der Waals surface area contributed by atoms with Crippen molar-refractivity contribution < 1.29 is 38.6 Å². The molecule has 2 N–H and O–H groups in total. The minimum Gasteiger partial charge on any atom is -0.449 e. The molecule has 1 aromatic carbocycles. The average Bonchev–Trinajstić information content (AvgIpc) is 2.71. The summed E-state index contributed by atoms with van der Waals surface area (Å²) in [7, 11) is 0. The van der Waals surface area contributed by atoms with Crippen LogP contribution >= 0.6 is 0 Å². The van der Waals surface area contributed by atoms with Gasteiger partial charge in [0.2, 0.25) is 0 Å². The SMILES string of the molecule is CCCOCCOC(=O)OC1=C(C)NC(C)=C(OC(=O)O)C1c1cccc([N+](=O)[O-])c1. The van der Waals surface area contributed by atoms with Crippen LogP contribution in [-0.2, 0) is 18.9 Å². The molecule has 0 aliphatic carbocycles. The van der Waals surface area contributed by atoms with Gasteiger partial charge in [0.1, 0.15) is 24.0 Å². The lowest BCUT2D eigenvalue weighted by Gasteiger charge is -2.29. The lowest BCUT2D eigenvalue weighted by atomic mass is 9.90. The fourth-order valence-corrected chi connectivity index (χ4v) is 2.99. The second kappa shape index (κ2) is 11.0. The highest BCUT2D eigenvalue weighted by molar-refractivity contribution is 5.64. The number of non-ortho nitro benzene ring substituents is 1. The maximum absolute atomic E-state index is 12.2. The molecule has 0 saturated carbocycles. The molecule has 0 bridgehead atoms. The summed E-state index contributed by atoms with van der Waals surface area (Å²) in [5, 5.41) is 23.3. The Kier molecular flexibility index (Phi) is 8.38. The van der Waals surface area contributed by atoms with Crippen LogP contribution in [0.5, 0.6) is 0 Å². The van der Waals surface area contributed by atoms with Gasteiger partial charge in [-0.1, -0.05) is 19.1 Å². The number of nitrogens with one attached hydrogen (secondary N) is 1. The normalized spacial score (nSPS) is 15.9. The predicted molar refractivity (Wildman–Crippen MR) is 107 cm³/mol. The smallest absolute Gasteiger partial charge is 0.449 e. The number of allylic oxidation sites excluding steroid dienone is 2. The molecule has 1 aliphatic rings. The van der Waals surface area contributed by atoms with Gasteiger partial charge in [0.25, 0.3) is 5.69 Å². The van der Waals surface area contributed by atoms with Crippen LogP contribution in [0.2, 0.25) is 0 Å². The molecule has 2 rings (SSSR count). The van der Waals surface area contributed by atoms with Crippen molar-refractivity contribution in [1.82, 2.24) is 5.32 Å². The Labute approximate surface area is 178 Å². The van der Waals surface area contributed by atoms with E-state index in [0.717, 1.165) is 6.42 Å². The van der Waals surface area contributed by atoms with Gasteiger partial charge < -0.3 is 29.4 Å². The largest absolute Gasteiger partial charge is 0.513 e. The first kappa shape index (κ1) is 23.7. The number of nitro benzene ring substituents is 1. The third kappa shape index (κ3) is 6.44. The zero-order valence-corrected chi connectivity index (χ0v) is 17.4. The molecule has 0 aromatic heterocycles. The van der Waals surface area contributed by atoms with E-state index in [-0.39, 0.29) is 30.4 Å². The molecule has 31 heavy (non-hydrogen) atoms. The van der Waals surface area contributed by atoms with Crippen LogP contribution in [0, 0.1) is 10.1 Å². The van der Waals surface area contributed by atoms with Crippen LogP contribution in [0.4, 0.5) is 15.3 Å². The first-order valence-corrected chi connectivity index (χ1v) is 9.50. The Bertz CT molecular complexity index is 908.